The van der Waals surface area contributed by atoms with Crippen LogP contribution in [-0.4, -0.2) is 6.61 Å². The molecule has 0 bridgehead atoms. The van der Waals surface area contributed by atoms with E-state index in [-0.39, 0.29) is 0 Å². The fourth-order valence-corrected chi connectivity index (χ4v) is 1.53. The van der Waals surface area contributed by atoms with Gasteiger partial charge in [0, 0.05) is 5.39 Å². The maximum atomic E-state index is 5.67. The molecule has 1 saturated carbocycles. The number of ether oxygens (including phenoxy) is 1. The predicted molar refractivity (Wildman–Crippen MR) is 54.4 cm³/mol. The molecule has 1 aromatic heterocycles. The van der Waals surface area contributed by atoms with Gasteiger partial charge in [-0.05, 0) is 43.0 Å². The average Bonchev–Trinajstić information content (AvgIpc) is 2.92. The summed E-state index contributed by atoms with van der Waals surface area (Å²) in [6, 6.07) is 7.91. The van der Waals surface area contributed by atoms with Crippen LogP contribution in [-0.2, 0) is 0 Å². The highest BCUT2D eigenvalue weighted by atomic mass is 16.5. The summed E-state index contributed by atoms with van der Waals surface area (Å²) in [4.78, 5) is 0. The van der Waals surface area contributed by atoms with Gasteiger partial charge in [-0.2, -0.15) is 0 Å². The van der Waals surface area contributed by atoms with Crippen molar-refractivity contribution >= 4 is 11.0 Å². The molecule has 1 heterocycles. The number of furan rings is 1. The van der Waals surface area contributed by atoms with Crippen molar-refractivity contribution in [2.75, 3.05) is 6.61 Å². The molecule has 2 aromatic rings. The summed E-state index contributed by atoms with van der Waals surface area (Å²) < 4.78 is 10.9. The first-order chi connectivity index (χ1) is 6.92. The van der Waals surface area contributed by atoms with Crippen LogP contribution >= 0.6 is 0 Å². The van der Waals surface area contributed by atoms with Crippen LogP contribution < -0.4 is 4.74 Å². The number of hydrogen-bond donors (Lipinski definition) is 0. The third kappa shape index (κ3) is 1.48. The third-order valence-electron chi connectivity index (χ3n) is 2.61. The van der Waals surface area contributed by atoms with E-state index in [9.17, 15) is 0 Å². The Hall–Kier alpha value is -1.44. The zero-order valence-corrected chi connectivity index (χ0v) is 7.90. The number of rotatable bonds is 3. The van der Waals surface area contributed by atoms with Crippen LogP contribution in [0.15, 0.2) is 34.9 Å². The Morgan fingerprint density at radius 1 is 1.29 bits per heavy atom. The van der Waals surface area contributed by atoms with Gasteiger partial charge in [0.1, 0.15) is 11.3 Å². The molecule has 0 amide bonds. The lowest BCUT2D eigenvalue weighted by Gasteiger charge is -2.03. The van der Waals surface area contributed by atoms with E-state index in [1.807, 2.05) is 24.3 Å². The molecule has 0 N–H and O–H groups in total. The topological polar surface area (TPSA) is 22.4 Å². The molecule has 0 spiro atoms. The SMILES string of the molecule is c1cc2cc(OCC3CC3)ccc2o1. The lowest BCUT2D eigenvalue weighted by Crippen LogP contribution is -1.98. The maximum Gasteiger partial charge on any atom is 0.134 e. The molecule has 0 aliphatic heterocycles. The Morgan fingerprint density at radius 3 is 3.07 bits per heavy atom. The highest BCUT2D eigenvalue weighted by molar-refractivity contribution is 5.78. The molecular formula is C12H12O2. The Balaban J connectivity index is 1.81. The normalized spacial score (nSPS) is 16.0. The van der Waals surface area contributed by atoms with E-state index in [1.54, 1.807) is 6.26 Å². The van der Waals surface area contributed by atoms with Crippen molar-refractivity contribution in [3.63, 3.8) is 0 Å². The zero-order valence-electron chi connectivity index (χ0n) is 7.90. The minimum atomic E-state index is 0.801. The summed E-state index contributed by atoms with van der Waals surface area (Å²) in [5.41, 5.74) is 0.920. The Labute approximate surface area is 82.5 Å². The number of hydrogen-bond acceptors (Lipinski definition) is 2. The van der Waals surface area contributed by atoms with Gasteiger partial charge < -0.3 is 9.15 Å². The second-order valence-corrected chi connectivity index (χ2v) is 3.87. The first kappa shape index (κ1) is 7.92. The minimum Gasteiger partial charge on any atom is -0.493 e. The first-order valence-corrected chi connectivity index (χ1v) is 5.02. The summed E-state index contributed by atoms with van der Waals surface area (Å²) in [6.45, 7) is 0.864. The molecule has 3 rings (SSSR count). The molecule has 1 aliphatic rings. The van der Waals surface area contributed by atoms with E-state index >= 15 is 0 Å². The van der Waals surface area contributed by atoms with Gasteiger partial charge in [0.05, 0.1) is 12.9 Å². The molecule has 72 valence electrons. The molecule has 2 heteroatoms. The van der Waals surface area contributed by atoms with Crippen molar-refractivity contribution < 1.29 is 9.15 Å². The Kier molecular flexibility index (Phi) is 1.72. The molecule has 1 fully saturated rings. The Morgan fingerprint density at radius 2 is 2.21 bits per heavy atom. The Bertz CT molecular complexity index is 440. The van der Waals surface area contributed by atoms with Crippen LogP contribution in [0.25, 0.3) is 11.0 Å². The van der Waals surface area contributed by atoms with Crippen molar-refractivity contribution in [3.8, 4) is 5.75 Å². The summed E-state index contributed by atoms with van der Waals surface area (Å²) in [7, 11) is 0. The molecule has 1 aliphatic carbocycles. The van der Waals surface area contributed by atoms with Gasteiger partial charge >= 0.3 is 0 Å². The third-order valence-corrected chi connectivity index (χ3v) is 2.61. The van der Waals surface area contributed by atoms with Crippen LogP contribution in [0.4, 0.5) is 0 Å². The second kappa shape index (κ2) is 3.05. The molecule has 2 nitrogen and oxygen atoms in total. The molecule has 1 aromatic carbocycles. The van der Waals surface area contributed by atoms with Gasteiger partial charge in [0.15, 0.2) is 0 Å². The van der Waals surface area contributed by atoms with Crippen LogP contribution in [0.2, 0.25) is 0 Å². The number of fused-ring (bicyclic) bond motifs is 1. The largest absolute Gasteiger partial charge is 0.493 e. The number of benzene rings is 1. The van der Waals surface area contributed by atoms with Gasteiger partial charge in [-0.3, -0.25) is 0 Å². The van der Waals surface area contributed by atoms with Gasteiger partial charge in [0.2, 0.25) is 0 Å². The molecule has 0 atom stereocenters. The highest BCUT2D eigenvalue weighted by Crippen LogP contribution is 2.30. The molecular weight excluding hydrogens is 176 g/mol. The lowest BCUT2D eigenvalue weighted by atomic mass is 10.2. The monoisotopic (exact) mass is 188 g/mol. The van der Waals surface area contributed by atoms with Crippen molar-refractivity contribution in [2.24, 2.45) is 5.92 Å². The smallest absolute Gasteiger partial charge is 0.134 e. The van der Waals surface area contributed by atoms with Gasteiger partial charge in [-0.15, -0.1) is 0 Å². The van der Waals surface area contributed by atoms with Crippen molar-refractivity contribution in [3.05, 3.63) is 30.5 Å². The summed E-state index contributed by atoms with van der Waals surface area (Å²) in [6.07, 6.45) is 4.36. The van der Waals surface area contributed by atoms with E-state index < -0.39 is 0 Å². The predicted octanol–water partition coefficient (Wildman–Crippen LogP) is 3.22. The van der Waals surface area contributed by atoms with Crippen molar-refractivity contribution in [2.45, 2.75) is 12.8 Å². The minimum absolute atomic E-state index is 0.801. The van der Waals surface area contributed by atoms with Gasteiger partial charge in [-0.1, -0.05) is 0 Å². The fraction of sp³-hybridized carbons (Fsp3) is 0.333. The molecule has 0 saturated heterocycles. The van der Waals surface area contributed by atoms with Crippen LogP contribution in [0, 0.1) is 5.92 Å². The maximum absolute atomic E-state index is 5.67. The van der Waals surface area contributed by atoms with Gasteiger partial charge in [-0.25, -0.2) is 0 Å². The fourth-order valence-electron chi connectivity index (χ4n) is 1.53. The first-order valence-electron chi connectivity index (χ1n) is 5.02. The van der Waals surface area contributed by atoms with Crippen molar-refractivity contribution in [1.82, 2.24) is 0 Å². The lowest BCUT2D eigenvalue weighted by molar-refractivity contribution is 0.300. The van der Waals surface area contributed by atoms with Crippen LogP contribution in [0.1, 0.15) is 12.8 Å². The molecule has 0 radical (unpaired) electrons. The van der Waals surface area contributed by atoms with E-state index in [0.29, 0.717) is 0 Å². The average molecular weight is 188 g/mol. The van der Waals surface area contributed by atoms with Crippen molar-refractivity contribution in [1.29, 1.82) is 0 Å². The molecule has 14 heavy (non-hydrogen) atoms. The summed E-state index contributed by atoms with van der Waals surface area (Å²) in [5, 5.41) is 1.11. The zero-order chi connectivity index (χ0) is 9.38. The molecule has 0 unspecified atom stereocenters. The summed E-state index contributed by atoms with van der Waals surface area (Å²) in [5.74, 6) is 1.75. The quantitative estimate of drug-likeness (QED) is 0.737. The van der Waals surface area contributed by atoms with Crippen LogP contribution in [0.5, 0.6) is 5.75 Å². The second-order valence-electron chi connectivity index (χ2n) is 3.87. The standard InChI is InChI=1S/C12H12O2/c1-2-9(1)8-14-11-3-4-12-10(7-11)5-6-13-12/h3-7,9H,1-2,8H2. The van der Waals surface area contributed by atoms with E-state index in [0.717, 1.165) is 29.2 Å². The summed E-state index contributed by atoms with van der Waals surface area (Å²) >= 11 is 0. The van der Waals surface area contributed by atoms with E-state index in [1.165, 1.54) is 12.8 Å². The van der Waals surface area contributed by atoms with Crippen LogP contribution in [0.3, 0.4) is 0 Å². The van der Waals surface area contributed by atoms with Gasteiger partial charge in [0.25, 0.3) is 0 Å². The van der Waals surface area contributed by atoms with E-state index in [4.69, 9.17) is 9.15 Å². The highest BCUT2D eigenvalue weighted by Gasteiger charge is 2.21. The van der Waals surface area contributed by atoms with E-state index in [2.05, 4.69) is 0 Å².